The summed E-state index contributed by atoms with van der Waals surface area (Å²) < 4.78 is 28.8. The van der Waals surface area contributed by atoms with E-state index in [2.05, 4.69) is 10.6 Å². The molecule has 2 heterocycles. The lowest BCUT2D eigenvalue weighted by molar-refractivity contribution is 0.0675. The molecule has 4 fully saturated rings. The molecule has 0 radical (unpaired) electrons. The van der Waals surface area contributed by atoms with E-state index in [0.717, 1.165) is 56.8 Å². The minimum atomic E-state index is -2.83. The molecule has 2 N–H and O–H groups in total. The zero-order chi connectivity index (χ0) is 18.0. The largest absolute Gasteiger partial charge is 0.381 e. The molecule has 0 amide bonds. The summed E-state index contributed by atoms with van der Waals surface area (Å²) in [5.41, 5.74) is 0. The molecule has 0 aromatic rings. The summed E-state index contributed by atoms with van der Waals surface area (Å²) in [6.07, 6.45) is 8.34. The highest BCUT2D eigenvalue weighted by atomic mass is 32.2. The highest BCUT2D eigenvalue weighted by Gasteiger charge is 2.40. The van der Waals surface area contributed by atoms with Crippen molar-refractivity contribution in [2.45, 2.75) is 51.0 Å². The van der Waals surface area contributed by atoms with Gasteiger partial charge < -0.3 is 15.4 Å². The van der Waals surface area contributed by atoms with Crippen molar-refractivity contribution < 1.29 is 13.2 Å². The highest BCUT2D eigenvalue weighted by Crippen LogP contribution is 2.44. The van der Waals surface area contributed by atoms with Gasteiger partial charge in [0.05, 0.1) is 11.5 Å². The third-order valence-corrected chi connectivity index (χ3v) is 8.63. The minimum absolute atomic E-state index is 0.182. The Morgan fingerprint density at radius 2 is 1.88 bits per heavy atom. The Bertz CT molecular complexity index is 616. The average molecular weight is 384 g/mol. The van der Waals surface area contributed by atoms with Crippen molar-refractivity contribution in [3.05, 3.63) is 0 Å². The van der Waals surface area contributed by atoms with E-state index in [1.165, 1.54) is 25.7 Å². The fraction of sp³-hybridized carbons (Fsp3) is 0.947. The van der Waals surface area contributed by atoms with Crippen LogP contribution in [0.4, 0.5) is 0 Å². The van der Waals surface area contributed by atoms with Crippen molar-refractivity contribution in [2.24, 2.45) is 28.7 Å². The second-order valence-electron chi connectivity index (χ2n) is 8.82. The van der Waals surface area contributed by atoms with E-state index in [-0.39, 0.29) is 5.92 Å². The van der Waals surface area contributed by atoms with Gasteiger partial charge in [0.1, 0.15) is 0 Å². The number of aliphatic imine (C=N–C) groups is 1. The zero-order valence-corrected chi connectivity index (χ0v) is 16.5. The summed E-state index contributed by atoms with van der Waals surface area (Å²) in [4.78, 5) is 4.80. The number of rotatable bonds is 5. The predicted molar refractivity (Wildman–Crippen MR) is 103 cm³/mol. The number of fused-ring (bicyclic) bond motifs is 2. The molecule has 7 heteroatoms. The van der Waals surface area contributed by atoms with Crippen molar-refractivity contribution in [1.29, 1.82) is 0 Å². The van der Waals surface area contributed by atoms with Gasteiger partial charge in [0.15, 0.2) is 15.8 Å². The van der Waals surface area contributed by atoms with E-state index in [4.69, 9.17) is 9.73 Å². The van der Waals surface area contributed by atoms with E-state index < -0.39 is 9.84 Å². The first-order chi connectivity index (χ1) is 12.6. The summed E-state index contributed by atoms with van der Waals surface area (Å²) in [5.74, 6) is 4.05. The topological polar surface area (TPSA) is 79.8 Å². The smallest absolute Gasteiger partial charge is 0.191 e. The van der Waals surface area contributed by atoms with Crippen LogP contribution in [0.15, 0.2) is 4.99 Å². The Kier molecular flexibility index (Phi) is 5.74. The van der Waals surface area contributed by atoms with E-state index in [0.29, 0.717) is 30.0 Å². The number of nitrogens with one attached hydrogen (secondary N) is 2. The van der Waals surface area contributed by atoms with Crippen molar-refractivity contribution in [2.75, 3.05) is 37.8 Å². The van der Waals surface area contributed by atoms with Gasteiger partial charge in [0.25, 0.3) is 0 Å². The Labute approximate surface area is 157 Å². The summed E-state index contributed by atoms with van der Waals surface area (Å²) in [7, 11) is -2.83. The predicted octanol–water partition coefficient (Wildman–Crippen LogP) is 1.57. The molecule has 148 valence electrons. The maximum Gasteiger partial charge on any atom is 0.191 e. The molecule has 0 aromatic carbocycles. The van der Waals surface area contributed by atoms with E-state index in [1.54, 1.807) is 0 Å². The third kappa shape index (κ3) is 4.71. The molecule has 2 saturated carbocycles. The number of ether oxygens (including phenoxy) is 1. The molecule has 4 rings (SSSR count). The van der Waals surface area contributed by atoms with Gasteiger partial charge in [0, 0.05) is 32.3 Å². The SMILES string of the molecule is O=S1(=O)CCC(CN=C(NCC2CCOCC2)NC2CC3CCC2C3)C1. The summed E-state index contributed by atoms with van der Waals surface area (Å²) in [6, 6.07) is 0.544. The lowest BCUT2D eigenvalue weighted by atomic mass is 9.95. The molecule has 2 saturated heterocycles. The third-order valence-electron chi connectivity index (χ3n) is 6.79. The quantitative estimate of drug-likeness (QED) is 0.556. The van der Waals surface area contributed by atoms with Crippen LogP contribution >= 0.6 is 0 Å². The number of nitrogens with zero attached hydrogens (tertiary/aromatic N) is 1. The van der Waals surface area contributed by atoms with Crippen LogP contribution < -0.4 is 10.6 Å². The fourth-order valence-electron chi connectivity index (χ4n) is 5.18. The number of hydrogen-bond donors (Lipinski definition) is 2. The van der Waals surface area contributed by atoms with Gasteiger partial charge >= 0.3 is 0 Å². The van der Waals surface area contributed by atoms with E-state index >= 15 is 0 Å². The maximum atomic E-state index is 11.7. The molecule has 0 spiro atoms. The van der Waals surface area contributed by atoms with Crippen molar-refractivity contribution in [1.82, 2.24) is 10.6 Å². The first-order valence-electron chi connectivity index (χ1n) is 10.4. The molecular formula is C19H33N3O3S. The molecule has 2 bridgehead atoms. The van der Waals surface area contributed by atoms with Gasteiger partial charge in [-0.15, -0.1) is 0 Å². The molecule has 2 aliphatic carbocycles. The van der Waals surface area contributed by atoms with Crippen LogP contribution in [0.3, 0.4) is 0 Å². The average Bonchev–Trinajstić information content (AvgIpc) is 3.33. The van der Waals surface area contributed by atoms with Gasteiger partial charge in [-0.1, -0.05) is 6.42 Å². The second-order valence-corrected chi connectivity index (χ2v) is 11.0. The molecule has 6 nitrogen and oxygen atoms in total. The van der Waals surface area contributed by atoms with Gasteiger partial charge in [-0.05, 0) is 62.2 Å². The normalized spacial score (nSPS) is 37.2. The van der Waals surface area contributed by atoms with Crippen LogP contribution in [0, 0.1) is 23.7 Å². The zero-order valence-electron chi connectivity index (χ0n) is 15.7. The Balaban J connectivity index is 1.34. The van der Waals surface area contributed by atoms with Crippen LogP contribution in [0.2, 0.25) is 0 Å². The van der Waals surface area contributed by atoms with Gasteiger partial charge in [-0.3, -0.25) is 4.99 Å². The molecule has 26 heavy (non-hydrogen) atoms. The Morgan fingerprint density at radius 3 is 2.54 bits per heavy atom. The molecule has 4 unspecified atom stereocenters. The second kappa shape index (κ2) is 8.05. The Morgan fingerprint density at radius 1 is 1.04 bits per heavy atom. The molecule has 4 atom stereocenters. The first-order valence-corrected chi connectivity index (χ1v) is 12.2. The highest BCUT2D eigenvalue weighted by molar-refractivity contribution is 7.91. The minimum Gasteiger partial charge on any atom is -0.381 e. The summed E-state index contributed by atoms with van der Waals surface area (Å²) in [5, 5.41) is 7.24. The van der Waals surface area contributed by atoms with Crippen molar-refractivity contribution >= 4 is 15.8 Å². The van der Waals surface area contributed by atoms with Crippen LogP contribution in [-0.2, 0) is 14.6 Å². The molecule has 4 aliphatic rings. The van der Waals surface area contributed by atoms with Crippen molar-refractivity contribution in [3.8, 4) is 0 Å². The summed E-state index contributed by atoms with van der Waals surface area (Å²) >= 11 is 0. The van der Waals surface area contributed by atoms with E-state index in [9.17, 15) is 8.42 Å². The molecule has 0 aromatic heterocycles. The van der Waals surface area contributed by atoms with Crippen LogP contribution in [0.5, 0.6) is 0 Å². The lowest BCUT2D eigenvalue weighted by Crippen LogP contribution is -2.47. The molecule has 2 aliphatic heterocycles. The van der Waals surface area contributed by atoms with Crippen LogP contribution in [0.1, 0.15) is 44.9 Å². The van der Waals surface area contributed by atoms with Crippen LogP contribution in [-0.4, -0.2) is 58.2 Å². The maximum absolute atomic E-state index is 11.7. The Hall–Kier alpha value is -0.820. The van der Waals surface area contributed by atoms with Crippen LogP contribution in [0.25, 0.3) is 0 Å². The summed E-state index contributed by atoms with van der Waals surface area (Å²) in [6.45, 7) is 3.26. The van der Waals surface area contributed by atoms with Gasteiger partial charge in [-0.2, -0.15) is 0 Å². The van der Waals surface area contributed by atoms with Crippen molar-refractivity contribution in [3.63, 3.8) is 0 Å². The van der Waals surface area contributed by atoms with E-state index in [1.807, 2.05) is 0 Å². The molecular weight excluding hydrogens is 350 g/mol. The number of sulfone groups is 1. The number of hydrogen-bond acceptors (Lipinski definition) is 4. The van der Waals surface area contributed by atoms with Gasteiger partial charge in [-0.25, -0.2) is 8.42 Å². The van der Waals surface area contributed by atoms with Gasteiger partial charge in [0.2, 0.25) is 0 Å². The standard InChI is InChI=1S/C19H33N3O3S/c23-26(24)8-5-16(13-26)12-21-19(20-11-14-3-6-25-7-4-14)22-18-10-15-1-2-17(18)9-15/h14-18H,1-13H2,(H2,20,21,22). The fourth-order valence-corrected chi connectivity index (χ4v) is 7.03. The number of guanidine groups is 1. The monoisotopic (exact) mass is 383 g/mol. The first kappa shape index (κ1) is 18.5. The lowest BCUT2D eigenvalue weighted by Gasteiger charge is -2.27.